The summed E-state index contributed by atoms with van der Waals surface area (Å²) in [6, 6.07) is 9.38. The quantitative estimate of drug-likeness (QED) is 0.896. The van der Waals surface area contributed by atoms with Gasteiger partial charge in [0.1, 0.15) is 11.9 Å². The third-order valence-electron chi connectivity index (χ3n) is 3.37. The Bertz CT molecular complexity index is 644. The molecule has 1 amide bonds. The molecule has 1 atom stereocenters. The van der Waals surface area contributed by atoms with Crippen molar-refractivity contribution >= 4 is 27.7 Å². The summed E-state index contributed by atoms with van der Waals surface area (Å²) in [5, 5.41) is 6.03. The minimum absolute atomic E-state index is 0.0325. The second kappa shape index (κ2) is 6.22. The van der Waals surface area contributed by atoms with E-state index in [1.165, 1.54) is 0 Å². The fourth-order valence-corrected chi connectivity index (χ4v) is 2.53. The maximum atomic E-state index is 11.8. The summed E-state index contributed by atoms with van der Waals surface area (Å²) in [6.45, 7) is 0.755. The SMILES string of the molecule is O=C1NCCC[C@@H]1Nc1ccnc(-c2ccc(Br)cc2)n1. The first-order chi connectivity index (χ1) is 10.2. The predicted molar refractivity (Wildman–Crippen MR) is 84.8 cm³/mol. The zero-order valence-corrected chi connectivity index (χ0v) is 12.9. The third-order valence-corrected chi connectivity index (χ3v) is 3.89. The Morgan fingerprint density at radius 1 is 1.24 bits per heavy atom. The molecule has 21 heavy (non-hydrogen) atoms. The van der Waals surface area contributed by atoms with Gasteiger partial charge in [0, 0.05) is 22.8 Å². The lowest BCUT2D eigenvalue weighted by Crippen LogP contribution is -2.44. The normalized spacial score (nSPS) is 18.1. The Morgan fingerprint density at radius 2 is 2.05 bits per heavy atom. The number of carbonyl (C=O) groups excluding carboxylic acids is 1. The number of aromatic nitrogens is 2. The Hall–Kier alpha value is -1.95. The summed E-state index contributed by atoms with van der Waals surface area (Å²) in [5.74, 6) is 1.35. The molecule has 2 N–H and O–H groups in total. The minimum atomic E-state index is -0.216. The molecule has 1 aliphatic heterocycles. The van der Waals surface area contributed by atoms with E-state index in [9.17, 15) is 4.79 Å². The summed E-state index contributed by atoms with van der Waals surface area (Å²) in [5.41, 5.74) is 0.940. The predicted octanol–water partition coefficient (Wildman–Crippen LogP) is 2.60. The van der Waals surface area contributed by atoms with Gasteiger partial charge in [0.15, 0.2) is 5.82 Å². The smallest absolute Gasteiger partial charge is 0.242 e. The number of carbonyl (C=O) groups is 1. The van der Waals surface area contributed by atoms with E-state index < -0.39 is 0 Å². The van der Waals surface area contributed by atoms with E-state index in [2.05, 4.69) is 36.5 Å². The number of hydrogen-bond donors (Lipinski definition) is 2. The Morgan fingerprint density at radius 3 is 2.81 bits per heavy atom. The molecular formula is C15H15BrN4O. The van der Waals surface area contributed by atoms with Crippen LogP contribution in [0, 0.1) is 0 Å². The van der Waals surface area contributed by atoms with E-state index in [4.69, 9.17) is 0 Å². The highest BCUT2D eigenvalue weighted by Gasteiger charge is 2.21. The van der Waals surface area contributed by atoms with Crippen LogP contribution in [0.4, 0.5) is 5.82 Å². The van der Waals surface area contributed by atoms with Gasteiger partial charge in [0.05, 0.1) is 0 Å². The number of nitrogens with zero attached hydrogens (tertiary/aromatic N) is 2. The van der Waals surface area contributed by atoms with Gasteiger partial charge in [-0.1, -0.05) is 28.1 Å². The molecule has 2 aromatic rings. The monoisotopic (exact) mass is 346 g/mol. The average molecular weight is 347 g/mol. The van der Waals surface area contributed by atoms with Gasteiger partial charge in [-0.25, -0.2) is 9.97 Å². The molecule has 0 bridgehead atoms. The maximum absolute atomic E-state index is 11.8. The first-order valence-corrected chi connectivity index (χ1v) is 7.65. The highest BCUT2D eigenvalue weighted by atomic mass is 79.9. The molecular weight excluding hydrogens is 332 g/mol. The fraction of sp³-hybridized carbons (Fsp3) is 0.267. The van der Waals surface area contributed by atoms with Crippen molar-refractivity contribution < 1.29 is 4.79 Å². The molecule has 5 nitrogen and oxygen atoms in total. The van der Waals surface area contributed by atoms with Gasteiger partial charge in [-0.2, -0.15) is 0 Å². The van der Waals surface area contributed by atoms with Crippen LogP contribution in [0.1, 0.15) is 12.8 Å². The minimum Gasteiger partial charge on any atom is -0.358 e. The van der Waals surface area contributed by atoms with E-state index in [0.717, 1.165) is 29.4 Å². The number of nitrogens with one attached hydrogen (secondary N) is 2. The standard InChI is InChI=1S/C15H15BrN4O/c16-11-5-3-10(4-6-11)14-17-9-7-13(20-14)19-12-2-1-8-18-15(12)21/h3-7,9,12H,1-2,8H2,(H,18,21)(H,17,19,20)/t12-/m0/s1. The number of hydrogen-bond acceptors (Lipinski definition) is 4. The highest BCUT2D eigenvalue weighted by molar-refractivity contribution is 9.10. The lowest BCUT2D eigenvalue weighted by molar-refractivity contribution is -0.123. The van der Waals surface area contributed by atoms with Crippen LogP contribution in [-0.4, -0.2) is 28.5 Å². The molecule has 2 heterocycles. The molecule has 1 aromatic heterocycles. The van der Waals surface area contributed by atoms with Crippen molar-refractivity contribution in [1.29, 1.82) is 0 Å². The van der Waals surface area contributed by atoms with Gasteiger partial charge in [-0.05, 0) is 31.0 Å². The summed E-state index contributed by atoms with van der Waals surface area (Å²) in [7, 11) is 0. The van der Waals surface area contributed by atoms with Crippen LogP contribution >= 0.6 is 15.9 Å². The fourth-order valence-electron chi connectivity index (χ4n) is 2.27. The summed E-state index contributed by atoms with van der Waals surface area (Å²) >= 11 is 3.41. The van der Waals surface area contributed by atoms with Crippen molar-refractivity contribution in [2.75, 3.05) is 11.9 Å². The van der Waals surface area contributed by atoms with Crippen LogP contribution in [0.5, 0.6) is 0 Å². The van der Waals surface area contributed by atoms with E-state index in [1.807, 2.05) is 24.3 Å². The number of piperidine rings is 1. The molecule has 1 saturated heterocycles. The summed E-state index contributed by atoms with van der Waals surface area (Å²) in [4.78, 5) is 20.5. The molecule has 1 aliphatic rings. The highest BCUT2D eigenvalue weighted by Crippen LogP contribution is 2.20. The van der Waals surface area contributed by atoms with Crippen molar-refractivity contribution in [2.45, 2.75) is 18.9 Å². The summed E-state index contributed by atoms with van der Waals surface area (Å²) in [6.07, 6.45) is 3.50. The molecule has 108 valence electrons. The number of benzene rings is 1. The van der Waals surface area contributed by atoms with Crippen molar-refractivity contribution in [1.82, 2.24) is 15.3 Å². The van der Waals surface area contributed by atoms with Gasteiger partial charge in [-0.3, -0.25) is 4.79 Å². The Balaban J connectivity index is 1.79. The van der Waals surface area contributed by atoms with Crippen LogP contribution in [0.2, 0.25) is 0 Å². The Labute approximate surface area is 131 Å². The van der Waals surface area contributed by atoms with Gasteiger partial charge in [-0.15, -0.1) is 0 Å². The zero-order valence-electron chi connectivity index (χ0n) is 11.3. The molecule has 0 saturated carbocycles. The van der Waals surface area contributed by atoms with Crippen LogP contribution in [0.15, 0.2) is 41.0 Å². The number of rotatable bonds is 3. The van der Waals surface area contributed by atoms with Crippen LogP contribution < -0.4 is 10.6 Å². The first kappa shape index (κ1) is 14.0. The lowest BCUT2D eigenvalue weighted by atomic mass is 10.1. The van der Waals surface area contributed by atoms with Crippen molar-refractivity contribution in [3.63, 3.8) is 0 Å². The van der Waals surface area contributed by atoms with Gasteiger partial charge < -0.3 is 10.6 Å². The lowest BCUT2D eigenvalue weighted by Gasteiger charge is -2.23. The second-order valence-electron chi connectivity index (χ2n) is 4.90. The number of amides is 1. The largest absolute Gasteiger partial charge is 0.358 e. The molecule has 0 aliphatic carbocycles. The Kier molecular flexibility index (Phi) is 4.15. The van der Waals surface area contributed by atoms with E-state index in [1.54, 1.807) is 12.3 Å². The molecule has 0 unspecified atom stereocenters. The number of anilines is 1. The van der Waals surface area contributed by atoms with Gasteiger partial charge >= 0.3 is 0 Å². The average Bonchev–Trinajstić information content (AvgIpc) is 2.51. The molecule has 0 radical (unpaired) electrons. The first-order valence-electron chi connectivity index (χ1n) is 6.85. The number of halogens is 1. The van der Waals surface area contributed by atoms with Crippen LogP contribution in [0.25, 0.3) is 11.4 Å². The van der Waals surface area contributed by atoms with E-state index in [0.29, 0.717) is 11.6 Å². The van der Waals surface area contributed by atoms with Gasteiger partial charge in [0.25, 0.3) is 0 Å². The van der Waals surface area contributed by atoms with Crippen molar-refractivity contribution in [3.8, 4) is 11.4 Å². The van der Waals surface area contributed by atoms with Crippen molar-refractivity contribution in [2.24, 2.45) is 0 Å². The van der Waals surface area contributed by atoms with Crippen molar-refractivity contribution in [3.05, 3.63) is 41.0 Å². The topological polar surface area (TPSA) is 66.9 Å². The molecule has 1 fully saturated rings. The third kappa shape index (κ3) is 3.39. The maximum Gasteiger partial charge on any atom is 0.242 e. The molecule has 3 rings (SSSR count). The van der Waals surface area contributed by atoms with Gasteiger partial charge in [0.2, 0.25) is 5.91 Å². The zero-order chi connectivity index (χ0) is 14.7. The molecule has 1 aromatic carbocycles. The molecule has 0 spiro atoms. The van der Waals surface area contributed by atoms with Crippen LogP contribution in [-0.2, 0) is 4.79 Å². The van der Waals surface area contributed by atoms with E-state index >= 15 is 0 Å². The summed E-state index contributed by atoms with van der Waals surface area (Å²) < 4.78 is 1.01. The van der Waals surface area contributed by atoms with E-state index in [-0.39, 0.29) is 11.9 Å². The van der Waals surface area contributed by atoms with Crippen LogP contribution in [0.3, 0.4) is 0 Å². The molecule has 6 heteroatoms. The second-order valence-corrected chi connectivity index (χ2v) is 5.82.